The summed E-state index contributed by atoms with van der Waals surface area (Å²) in [6, 6.07) is 5.59. The highest BCUT2D eigenvalue weighted by Gasteiger charge is 2.41. The first kappa shape index (κ1) is 23.0. The zero-order valence-electron chi connectivity index (χ0n) is 20.5. The van der Waals surface area contributed by atoms with Gasteiger partial charge in [0.1, 0.15) is 11.3 Å². The van der Waals surface area contributed by atoms with E-state index in [0.717, 1.165) is 12.5 Å². The number of hydrogen-bond donors (Lipinski definition) is 1. The van der Waals surface area contributed by atoms with Crippen molar-refractivity contribution >= 4 is 17.5 Å². The van der Waals surface area contributed by atoms with Crippen LogP contribution in [0.15, 0.2) is 24.4 Å². The van der Waals surface area contributed by atoms with Gasteiger partial charge in [-0.05, 0) is 42.7 Å². The normalized spacial score (nSPS) is 27.9. The fourth-order valence-corrected chi connectivity index (χ4v) is 6.91. The number of nitrogens with one attached hydrogen (secondary N) is 1. The predicted octanol–water partition coefficient (Wildman–Crippen LogP) is 3.33. The number of fused-ring (bicyclic) bond motifs is 3. The summed E-state index contributed by atoms with van der Waals surface area (Å²) in [7, 11) is 0. The van der Waals surface area contributed by atoms with Gasteiger partial charge in [0.25, 0.3) is 5.91 Å². The molecule has 4 aliphatic rings. The van der Waals surface area contributed by atoms with Gasteiger partial charge in [-0.1, -0.05) is 31.7 Å². The summed E-state index contributed by atoms with van der Waals surface area (Å²) < 4.78 is 13.4. The molecule has 0 radical (unpaired) electrons. The van der Waals surface area contributed by atoms with E-state index < -0.39 is 5.79 Å². The molecule has 8 nitrogen and oxygen atoms in total. The largest absolute Gasteiger partial charge is 0.350 e. The average molecular weight is 481 g/mol. The molecule has 4 fully saturated rings. The number of piperidine rings is 1. The zero-order chi connectivity index (χ0) is 23.9. The first-order valence-electron chi connectivity index (χ1n) is 13.3. The molecule has 2 aromatic heterocycles. The van der Waals surface area contributed by atoms with Crippen LogP contribution in [0.2, 0.25) is 0 Å². The van der Waals surface area contributed by atoms with Gasteiger partial charge in [0, 0.05) is 38.7 Å². The van der Waals surface area contributed by atoms with E-state index in [0.29, 0.717) is 56.2 Å². The fourth-order valence-electron chi connectivity index (χ4n) is 6.91. The highest BCUT2D eigenvalue weighted by atomic mass is 16.7. The van der Waals surface area contributed by atoms with E-state index in [1.807, 2.05) is 33.7 Å². The van der Waals surface area contributed by atoms with Crippen LogP contribution in [0.4, 0.5) is 0 Å². The Kier molecular flexibility index (Phi) is 6.05. The number of aromatic nitrogens is 2. The van der Waals surface area contributed by atoms with Crippen LogP contribution in [0.25, 0.3) is 5.65 Å². The van der Waals surface area contributed by atoms with Crippen LogP contribution >= 0.6 is 0 Å². The Morgan fingerprint density at radius 1 is 1.06 bits per heavy atom. The number of carbonyl (C=O) groups is 2. The highest BCUT2D eigenvalue weighted by molar-refractivity contribution is 5.93. The summed E-state index contributed by atoms with van der Waals surface area (Å²) in [5, 5.41) is 3.25. The van der Waals surface area contributed by atoms with Crippen LogP contribution in [-0.4, -0.2) is 64.7 Å². The van der Waals surface area contributed by atoms with E-state index >= 15 is 0 Å². The van der Waals surface area contributed by atoms with Crippen LogP contribution in [0, 0.1) is 11.3 Å². The molecule has 2 amide bonds. The Bertz CT molecular complexity index is 1090. The number of carbonyl (C=O) groups excluding carboxylic acids is 2. The minimum atomic E-state index is -0.488. The molecular weight excluding hydrogens is 444 g/mol. The fraction of sp³-hybridized carbons (Fsp3) is 0.667. The van der Waals surface area contributed by atoms with Gasteiger partial charge in [-0.3, -0.25) is 14.0 Å². The molecule has 0 aromatic carbocycles. The number of hydrogen-bond acceptors (Lipinski definition) is 5. The molecule has 2 aliphatic heterocycles. The highest BCUT2D eigenvalue weighted by Crippen LogP contribution is 2.48. The lowest BCUT2D eigenvalue weighted by Crippen LogP contribution is -2.47. The molecule has 6 rings (SSSR count). The summed E-state index contributed by atoms with van der Waals surface area (Å²) >= 11 is 0. The molecule has 188 valence electrons. The molecule has 2 saturated carbocycles. The van der Waals surface area contributed by atoms with Gasteiger partial charge < -0.3 is 19.7 Å². The molecule has 0 atom stereocenters. The lowest BCUT2D eigenvalue weighted by atomic mass is 9.62. The number of pyridine rings is 1. The summed E-state index contributed by atoms with van der Waals surface area (Å²) in [6.45, 7) is 3.27. The van der Waals surface area contributed by atoms with E-state index in [1.165, 1.54) is 44.9 Å². The lowest BCUT2D eigenvalue weighted by Gasteiger charge is -2.45. The van der Waals surface area contributed by atoms with E-state index in [1.54, 1.807) is 0 Å². The minimum Gasteiger partial charge on any atom is -0.350 e. The van der Waals surface area contributed by atoms with Crippen LogP contribution in [-0.2, 0) is 20.7 Å². The van der Waals surface area contributed by atoms with Crippen molar-refractivity contribution in [2.75, 3.05) is 32.8 Å². The van der Waals surface area contributed by atoms with Gasteiger partial charge in [-0.25, -0.2) is 4.98 Å². The Balaban J connectivity index is 1.10. The molecule has 1 N–H and O–H groups in total. The number of ether oxygens (including phenoxy) is 2. The summed E-state index contributed by atoms with van der Waals surface area (Å²) in [4.78, 5) is 32.7. The average Bonchev–Trinajstić information content (AvgIpc) is 3.49. The van der Waals surface area contributed by atoms with Crippen molar-refractivity contribution in [3.63, 3.8) is 0 Å². The second-order valence-corrected chi connectivity index (χ2v) is 11.1. The summed E-state index contributed by atoms with van der Waals surface area (Å²) in [5.74, 6) is 0.342. The maximum Gasteiger partial charge on any atom is 0.268 e. The Hall–Kier alpha value is -2.45. The number of amides is 2. The van der Waals surface area contributed by atoms with Crippen LogP contribution in [0.1, 0.15) is 74.0 Å². The van der Waals surface area contributed by atoms with Crippen molar-refractivity contribution in [2.45, 2.75) is 70.0 Å². The molecule has 1 spiro atoms. The number of rotatable bonds is 5. The Morgan fingerprint density at radius 3 is 2.54 bits per heavy atom. The molecule has 2 aliphatic carbocycles. The minimum absolute atomic E-state index is 0.0514. The molecule has 2 aromatic rings. The SMILES string of the molecule is O=C(NCC12CCCC(CCC1)C2)c1cccc2nc(CC(=O)N3CCC4(CC3)OCCO4)cn12. The number of likely N-dealkylation sites (tertiary alicyclic amines) is 1. The van der Waals surface area contributed by atoms with E-state index in [9.17, 15) is 9.59 Å². The molecule has 2 saturated heterocycles. The zero-order valence-corrected chi connectivity index (χ0v) is 20.5. The topological polar surface area (TPSA) is 85.2 Å². The maximum absolute atomic E-state index is 13.2. The molecule has 2 bridgehead atoms. The van der Waals surface area contributed by atoms with Gasteiger partial charge >= 0.3 is 0 Å². The third-order valence-electron chi connectivity index (χ3n) is 8.78. The second kappa shape index (κ2) is 9.21. The van der Waals surface area contributed by atoms with Crippen LogP contribution in [0.5, 0.6) is 0 Å². The second-order valence-electron chi connectivity index (χ2n) is 11.1. The Labute approximate surface area is 206 Å². The maximum atomic E-state index is 13.2. The van der Waals surface area contributed by atoms with Gasteiger partial charge in [0.15, 0.2) is 5.79 Å². The van der Waals surface area contributed by atoms with Crippen LogP contribution in [0.3, 0.4) is 0 Å². The number of imidazole rings is 1. The quantitative estimate of drug-likeness (QED) is 0.710. The van der Waals surface area contributed by atoms with E-state index in [-0.39, 0.29) is 23.7 Å². The van der Waals surface area contributed by atoms with Crippen molar-refractivity contribution in [2.24, 2.45) is 11.3 Å². The third-order valence-corrected chi connectivity index (χ3v) is 8.78. The van der Waals surface area contributed by atoms with Crippen LogP contribution < -0.4 is 5.32 Å². The molecular formula is C27H36N4O4. The standard InChI is InChI=1S/C27H36N4O4/c32-24(30-12-10-27(11-13-30)34-14-15-35-27)16-21-18-31-22(6-1-7-23(31)29-21)25(33)28-19-26-8-2-4-20(17-26)5-3-9-26/h1,6-7,18,20H,2-5,8-17,19H2,(H,28,33). The first-order valence-corrected chi connectivity index (χ1v) is 13.3. The Morgan fingerprint density at radius 2 is 1.80 bits per heavy atom. The predicted molar refractivity (Wildman–Crippen MR) is 130 cm³/mol. The monoisotopic (exact) mass is 480 g/mol. The molecule has 8 heteroatoms. The summed E-state index contributed by atoms with van der Waals surface area (Å²) in [5.41, 5.74) is 2.23. The first-order chi connectivity index (χ1) is 17.0. The number of nitrogens with zero attached hydrogens (tertiary/aromatic N) is 3. The van der Waals surface area contributed by atoms with Gasteiger partial charge in [0.05, 0.1) is 25.3 Å². The third kappa shape index (κ3) is 4.58. The van der Waals surface area contributed by atoms with Crippen molar-refractivity contribution in [3.05, 3.63) is 35.8 Å². The van der Waals surface area contributed by atoms with Gasteiger partial charge in [-0.15, -0.1) is 0 Å². The van der Waals surface area contributed by atoms with Gasteiger partial charge in [0.2, 0.25) is 5.91 Å². The molecule has 35 heavy (non-hydrogen) atoms. The van der Waals surface area contributed by atoms with Crippen molar-refractivity contribution < 1.29 is 19.1 Å². The van der Waals surface area contributed by atoms with Crippen molar-refractivity contribution in [1.82, 2.24) is 19.6 Å². The van der Waals surface area contributed by atoms with Gasteiger partial charge in [-0.2, -0.15) is 0 Å². The summed E-state index contributed by atoms with van der Waals surface area (Å²) in [6.07, 6.45) is 12.4. The lowest BCUT2D eigenvalue weighted by molar-refractivity contribution is -0.187. The van der Waals surface area contributed by atoms with Crippen molar-refractivity contribution in [3.8, 4) is 0 Å². The van der Waals surface area contributed by atoms with E-state index in [2.05, 4.69) is 10.3 Å². The van der Waals surface area contributed by atoms with Crippen molar-refractivity contribution in [1.29, 1.82) is 0 Å². The molecule has 4 heterocycles. The molecule has 0 unspecified atom stereocenters. The van der Waals surface area contributed by atoms with E-state index in [4.69, 9.17) is 9.47 Å². The smallest absolute Gasteiger partial charge is 0.268 e.